The zero-order valence-corrected chi connectivity index (χ0v) is 16.4. The molecule has 0 unspecified atom stereocenters. The van der Waals surface area contributed by atoms with Crippen molar-refractivity contribution in [2.24, 2.45) is 0 Å². The third kappa shape index (κ3) is 4.43. The van der Waals surface area contributed by atoms with Crippen LogP contribution in [0.15, 0.2) is 48.5 Å². The van der Waals surface area contributed by atoms with Crippen molar-refractivity contribution in [3.8, 4) is 5.75 Å². The molecule has 6 heteroatoms. The zero-order valence-electron chi connectivity index (χ0n) is 14.9. The van der Waals surface area contributed by atoms with Crippen molar-refractivity contribution in [2.45, 2.75) is 19.4 Å². The number of hydrogen-bond donors (Lipinski definition) is 0. The van der Waals surface area contributed by atoms with Gasteiger partial charge in [-0.2, -0.15) is 0 Å². The number of nitrogens with zero attached hydrogens (tertiary/aromatic N) is 2. The Balaban J connectivity index is 1.61. The maximum absolute atomic E-state index is 12.9. The number of carbonyl (C=O) groups excluding carboxylic acids is 1. The molecule has 0 saturated carbocycles. The van der Waals surface area contributed by atoms with E-state index in [1.54, 1.807) is 38.1 Å². The van der Waals surface area contributed by atoms with Crippen LogP contribution >= 0.6 is 23.2 Å². The van der Waals surface area contributed by atoms with Gasteiger partial charge in [0, 0.05) is 41.9 Å². The van der Waals surface area contributed by atoms with Crippen LogP contribution in [-0.2, 0) is 4.79 Å². The van der Waals surface area contributed by atoms with Gasteiger partial charge in [-0.25, -0.2) is 0 Å². The minimum absolute atomic E-state index is 0.0156. The van der Waals surface area contributed by atoms with Gasteiger partial charge in [-0.1, -0.05) is 29.3 Å². The number of piperazine rings is 1. The van der Waals surface area contributed by atoms with Gasteiger partial charge in [-0.15, -0.1) is 0 Å². The molecule has 138 valence electrons. The van der Waals surface area contributed by atoms with Crippen molar-refractivity contribution in [1.29, 1.82) is 0 Å². The van der Waals surface area contributed by atoms with Gasteiger partial charge >= 0.3 is 0 Å². The molecule has 0 bridgehead atoms. The minimum Gasteiger partial charge on any atom is -0.478 e. The normalized spacial score (nSPS) is 15.1. The summed E-state index contributed by atoms with van der Waals surface area (Å²) in [5.41, 5.74) is 0.146. The molecule has 0 atom stereocenters. The molecular formula is C20H22Cl2N2O2. The Labute approximate surface area is 164 Å². The second-order valence-corrected chi connectivity index (χ2v) is 7.70. The summed E-state index contributed by atoms with van der Waals surface area (Å²) in [4.78, 5) is 17.0. The first-order chi connectivity index (χ1) is 12.3. The number of ether oxygens (including phenoxy) is 1. The first-order valence-electron chi connectivity index (χ1n) is 8.60. The lowest BCUT2D eigenvalue weighted by Gasteiger charge is -2.39. The van der Waals surface area contributed by atoms with Crippen molar-refractivity contribution in [2.75, 3.05) is 31.1 Å². The standard InChI is InChI=1S/C20H22Cl2N2O2/c1-20(2,26-18-8-6-15(21)7-9-18)19(25)24-12-10-23(11-13-24)17-5-3-4-16(22)14-17/h3-9,14H,10-13H2,1-2H3. The predicted octanol–water partition coefficient (Wildman–Crippen LogP) is 4.50. The number of anilines is 1. The van der Waals surface area contributed by atoms with Gasteiger partial charge in [0.15, 0.2) is 5.60 Å². The third-order valence-corrected chi connectivity index (χ3v) is 4.93. The number of carbonyl (C=O) groups is 1. The molecule has 1 fully saturated rings. The van der Waals surface area contributed by atoms with Gasteiger partial charge in [0.25, 0.3) is 5.91 Å². The second kappa shape index (κ2) is 7.77. The molecular weight excluding hydrogens is 371 g/mol. The van der Waals surface area contributed by atoms with E-state index in [0.717, 1.165) is 23.8 Å². The van der Waals surface area contributed by atoms with Crippen LogP contribution in [0, 0.1) is 0 Å². The van der Waals surface area contributed by atoms with Crippen LogP contribution in [0.2, 0.25) is 10.0 Å². The van der Waals surface area contributed by atoms with Crippen LogP contribution in [0.5, 0.6) is 5.75 Å². The van der Waals surface area contributed by atoms with Gasteiger partial charge in [-0.05, 0) is 56.3 Å². The van der Waals surface area contributed by atoms with Crippen molar-refractivity contribution < 1.29 is 9.53 Å². The Morgan fingerprint density at radius 1 is 0.962 bits per heavy atom. The van der Waals surface area contributed by atoms with E-state index in [-0.39, 0.29) is 5.91 Å². The molecule has 1 amide bonds. The number of rotatable bonds is 4. The molecule has 0 spiro atoms. The monoisotopic (exact) mass is 392 g/mol. The summed E-state index contributed by atoms with van der Waals surface area (Å²) in [5, 5.41) is 1.36. The largest absolute Gasteiger partial charge is 0.478 e. The van der Waals surface area contributed by atoms with Crippen molar-refractivity contribution in [3.63, 3.8) is 0 Å². The molecule has 1 saturated heterocycles. The lowest BCUT2D eigenvalue weighted by Crippen LogP contribution is -2.55. The van der Waals surface area contributed by atoms with Gasteiger partial charge in [0.2, 0.25) is 0 Å². The van der Waals surface area contributed by atoms with Crippen molar-refractivity contribution in [1.82, 2.24) is 4.90 Å². The predicted molar refractivity (Wildman–Crippen MR) is 106 cm³/mol. The highest BCUT2D eigenvalue weighted by Gasteiger charge is 2.35. The lowest BCUT2D eigenvalue weighted by atomic mass is 10.1. The van der Waals surface area contributed by atoms with E-state index in [1.165, 1.54) is 0 Å². The van der Waals surface area contributed by atoms with Crippen LogP contribution < -0.4 is 9.64 Å². The summed E-state index contributed by atoms with van der Waals surface area (Å²) in [5.74, 6) is 0.614. The van der Waals surface area contributed by atoms with E-state index in [1.807, 2.05) is 29.2 Å². The third-order valence-electron chi connectivity index (χ3n) is 4.44. The van der Waals surface area contributed by atoms with Crippen LogP contribution in [0.3, 0.4) is 0 Å². The summed E-state index contributed by atoms with van der Waals surface area (Å²) in [6.07, 6.45) is 0. The lowest BCUT2D eigenvalue weighted by molar-refractivity contribution is -0.145. The molecule has 1 aliphatic heterocycles. The smallest absolute Gasteiger partial charge is 0.266 e. The maximum atomic E-state index is 12.9. The highest BCUT2D eigenvalue weighted by molar-refractivity contribution is 6.31. The first-order valence-corrected chi connectivity index (χ1v) is 9.35. The molecule has 0 aliphatic carbocycles. The summed E-state index contributed by atoms with van der Waals surface area (Å²) in [6, 6.07) is 14.8. The molecule has 2 aromatic rings. The molecule has 0 radical (unpaired) electrons. The quantitative estimate of drug-likeness (QED) is 0.767. The fraction of sp³-hybridized carbons (Fsp3) is 0.350. The van der Waals surface area contributed by atoms with Gasteiger partial charge in [0.1, 0.15) is 5.75 Å². The number of benzene rings is 2. The van der Waals surface area contributed by atoms with E-state index < -0.39 is 5.60 Å². The summed E-state index contributed by atoms with van der Waals surface area (Å²) < 4.78 is 5.92. The van der Waals surface area contributed by atoms with Crippen LogP contribution in [0.4, 0.5) is 5.69 Å². The number of hydrogen-bond acceptors (Lipinski definition) is 3. The van der Waals surface area contributed by atoms with Gasteiger partial charge in [0.05, 0.1) is 0 Å². The topological polar surface area (TPSA) is 32.8 Å². The summed E-state index contributed by atoms with van der Waals surface area (Å²) in [7, 11) is 0. The Hall–Kier alpha value is -1.91. The van der Waals surface area contributed by atoms with Crippen LogP contribution in [0.1, 0.15) is 13.8 Å². The maximum Gasteiger partial charge on any atom is 0.266 e. The second-order valence-electron chi connectivity index (χ2n) is 6.83. The van der Waals surface area contributed by atoms with Gasteiger partial charge in [-0.3, -0.25) is 4.79 Å². The molecule has 4 nitrogen and oxygen atoms in total. The SMILES string of the molecule is CC(C)(Oc1ccc(Cl)cc1)C(=O)N1CCN(c2cccc(Cl)c2)CC1. The van der Waals surface area contributed by atoms with E-state index in [0.29, 0.717) is 23.9 Å². The molecule has 0 aromatic heterocycles. The Kier molecular flexibility index (Phi) is 5.64. The Morgan fingerprint density at radius 2 is 1.62 bits per heavy atom. The van der Waals surface area contributed by atoms with Crippen molar-refractivity contribution >= 4 is 34.8 Å². The average Bonchev–Trinajstić information content (AvgIpc) is 2.63. The number of amides is 1. The van der Waals surface area contributed by atoms with E-state index >= 15 is 0 Å². The molecule has 0 N–H and O–H groups in total. The zero-order chi connectivity index (χ0) is 18.7. The molecule has 1 aliphatic rings. The molecule has 3 rings (SSSR count). The van der Waals surface area contributed by atoms with E-state index in [4.69, 9.17) is 27.9 Å². The first kappa shape index (κ1) is 18.9. The Morgan fingerprint density at radius 3 is 2.23 bits per heavy atom. The van der Waals surface area contributed by atoms with Crippen molar-refractivity contribution in [3.05, 3.63) is 58.6 Å². The minimum atomic E-state index is -0.938. The average molecular weight is 393 g/mol. The highest BCUT2D eigenvalue weighted by Crippen LogP contribution is 2.24. The van der Waals surface area contributed by atoms with E-state index in [9.17, 15) is 4.79 Å². The molecule has 1 heterocycles. The fourth-order valence-electron chi connectivity index (χ4n) is 3.06. The fourth-order valence-corrected chi connectivity index (χ4v) is 3.37. The summed E-state index contributed by atoms with van der Waals surface area (Å²) >= 11 is 12.0. The van der Waals surface area contributed by atoms with Gasteiger partial charge < -0.3 is 14.5 Å². The van der Waals surface area contributed by atoms with Crippen LogP contribution in [-0.4, -0.2) is 42.6 Å². The van der Waals surface area contributed by atoms with Crippen LogP contribution in [0.25, 0.3) is 0 Å². The highest BCUT2D eigenvalue weighted by atomic mass is 35.5. The van der Waals surface area contributed by atoms with E-state index in [2.05, 4.69) is 4.90 Å². The molecule has 2 aromatic carbocycles. The summed E-state index contributed by atoms with van der Waals surface area (Å²) in [6.45, 7) is 6.43. The molecule has 26 heavy (non-hydrogen) atoms. The Bertz CT molecular complexity index is 770. The number of halogens is 2.